The van der Waals surface area contributed by atoms with E-state index in [-0.39, 0.29) is 5.41 Å². The summed E-state index contributed by atoms with van der Waals surface area (Å²) in [5.41, 5.74) is 24.4. The van der Waals surface area contributed by atoms with Crippen molar-refractivity contribution in [1.29, 1.82) is 0 Å². The van der Waals surface area contributed by atoms with Gasteiger partial charge in [-0.3, -0.25) is 0 Å². The van der Waals surface area contributed by atoms with Gasteiger partial charge < -0.3 is 9.47 Å². The molecule has 14 rings (SSSR count). The molecule has 2 nitrogen and oxygen atoms in total. The van der Waals surface area contributed by atoms with Crippen molar-refractivity contribution < 1.29 is 0 Å². The fraction of sp³-hybridized carbons (Fsp3) is 0.0571. The molecule has 0 N–H and O–H groups in total. The zero-order valence-corrected chi connectivity index (χ0v) is 40.3. The largest absolute Gasteiger partial charge is 0.311 e. The van der Waals surface area contributed by atoms with E-state index in [1.807, 2.05) is 0 Å². The van der Waals surface area contributed by atoms with Gasteiger partial charge in [0.15, 0.2) is 0 Å². The molecule has 340 valence electrons. The minimum atomic E-state index is -0.404. The van der Waals surface area contributed by atoms with Gasteiger partial charge in [-0.1, -0.05) is 208 Å². The molecule has 0 amide bonds. The summed E-state index contributed by atoms with van der Waals surface area (Å²) in [5, 5.41) is 2.50. The molecule has 0 saturated heterocycles. The van der Waals surface area contributed by atoms with Gasteiger partial charge in [-0.15, -0.1) is 0 Å². The first kappa shape index (κ1) is 41.9. The van der Waals surface area contributed by atoms with Crippen molar-refractivity contribution in [3.63, 3.8) is 0 Å². The van der Waals surface area contributed by atoms with Gasteiger partial charge in [0.25, 0.3) is 0 Å². The third kappa shape index (κ3) is 6.28. The van der Waals surface area contributed by atoms with Gasteiger partial charge in [0.1, 0.15) is 0 Å². The Morgan fingerprint density at radius 1 is 0.292 bits per heavy atom. The average Bonchev–Trinajstić information content (AvgIpc) is 3.94. The molecule has 2 aliphatic rings. The van der Waals surface area contributed by atoms with Gasteiger partial charge in [-0.25, -0.2) is 0 Å². The molecule has 2 aliphatic carbocycles. The molecule has 1 heterocycles. The highest BCUT2D eigenvalue weighted by Crippen LogP contribution is 2.62. The van der Waals surface area contributed by atoms with Crippen LogP contribution in [0.3, 0.4) is 0 Å². The number of hydrogen-bond acceptors (Lipinski definition) is 1. The van der Waals surface area contributed by atoms with Crippen LogP contribution in [-0.4, -0.2) is 4.57 Å². The van der Waals surface area contributed by atoms with E-state index >= 15 is 0 Å². The summed E-state index contributed by atoms with van der Waals surface area (Å²) in [6.45, 7) is 4.77. The zero-order valence-electron chi connectivity index (χ0n) is 40.3. The van der Waals surface area contributed by atoms with E-state index in [4.69, 9.17) is 0 Å². The first-order chi connectivity index (χ1) is 35.5. The predicted molar refractivity (Wildman–Crippen MR) is 301 cm³/mol. The average molecular weight is 919 g/mol. The van der Waals surface area contributed by atoms with E-state index in [1.54, 1.807) is 0 Å². The van der Waals surface area contributed by atoms with Crippen molar-refractivity contribution in [2.45, 2.75) is 24.7 Å². The molecule has 0 unspecified atom stereocenters. The van der Waals surface area contributed by atoms with Crippen molar-refractivity contribution in [3.8, 4) is 50.2 Å². The fourth-order valence-corrected chi connectivity index (χ4v) is 12.5. The lowest BCUT2D eigenvalue weighted by Gasteiger charge is -2.46. The molecule has 0 atom stereocenters. The van der Waals surface area contributed by atoms with Crippen LogP contribution in [0.2, 0.25) is 0 Å². The van der Waals surface area contributed by atoms with E-state index in [9.17, 15) is 0 Å². The number of para-hydroxylation sites is 2. The standard InChI is InChI=1S/C70H50N2/c1-69(2)63-24-12-14-26-65(63)70(66-27-15-13-25-64(66)69)61-23-11-9-21-57(61)59-45-51(35-43-62(59)70)49-31-39-55(40-32-49)71(54-37-29-48(30-38-54)47-17-5-3-6-18-47)56-41-33-50(34-42-56)52-36-44-68-60(46-52)58-22-10-16-28-67(58)72(68)53-19-7-4-8-20-53/h3-46H,1-2H3. The smallest absolute Gasteiger partial charge is 0.0719 e. The number of nitrogens with zero attached hydrogens (tertiary/aromatic N) is 2. The normalized spacial score (nSPS) is 13.6. The lowest BCUT2D eigenvalue weighted by atomic mass is 9.55. The quantitative estimate of drug-likeness (QED) is 0.155. The summed E-state index contributed by atoms with van der Waals surface area (Å²) < 4.78 is 2.37. The molecular formula is C70H50N2. The molecular weight excluding hydrogens is 869 g/mol. The number of rotatable bonds is 7. The van der Waals surface area contributed by atoms with Crippen LogP contribution in [0.5, 0.6) is 0 Å². The summed E-state index contributed by atoms with van der Waals surface area (Å²) in [4.78, 5) is 2.38. The summed E-state index contributed by atoms with van der Waals surface area (Å²) in [7, 11) is 0. The molecule has 1 spiro atoms. The predicted octanol–water partition coefficient (Wildman–Crippen LogP) is 18.3. The first-order valence-corrected chi connectivity index (χ1v) is 25.2. The molecule has 0 saturated carbocycles. The molecule has 12 aromatic rings. The number of hydrogen-bond donors (Lipinski definition) is 0. The van der Waals surface area contributed by atoms with Gasteiger partial charge in [0.2, 0.25) is 0 Å². The number of anilines is 3. The summed E-state index contributed by atoms with van der Waals surface area (Å²) >= 11 is 0. The SMILES string of the molecule is CC1(C)c2ccccc2C2(c3ccccc3-c3cc(-c4ccc(N(c5ccc(-c6ccccc6)cc5)c5ccc(-c6ccc7c(c6)c6ccccc6n7-c6ccccc6)cc5)cc4)ccc32)c2ccccc21. The molecule has 2 heteroatoms. The first-order valence-electron chi connectivity index (χ1n) is 25.2. The Labute approximate surface area is 421 Å². The topological polar surface area (TPSA) is 8.17 Å². The number of aromatic nitrogens is 1. The summed E-state index contributed by atoms with van der Waals surface area (Å²) in [6, 6.07) is 98.8. The van der Waals surface area contributed by atoms with Crippen molar-refractivity contribution >= 4 is 38.9 Å². The Balaban J connectivity index is 0.848. The Morgan fingerprint density at radius 2 is 0.708 bits per heavy atom. The van der Waals surface area contributed by atoms with E-state index in [2.05, 4.69) is 290 Å². The highest BCUT2D eigenvalue weighted by molar-refractivity contribution is 6.10. The van der Waals surface area contributed by atoms with Crippen molar-refractivity contribution in [2.24, 2.45) is 0 Å². The molecule has 1 aromatic heterocycles. The van der Waals surface area contributed by atoms with Crippen LogP contribution in [0.4, 0.5) is 17.1 Å². The Bertz CT molecular complexity index is 3980. The zero-order chi connectivity index (χ0) is 48.0. The lowest BCUT2D eigenvalue weighted by Crippen LogP contribution is -2.40. The van der Waals surface area contributed by atoms with Crippen molar-refractivity contribution in [2.75, 3.05) is 4.90 Å². The minimum absolute atomic E-state index is 0.126. The Hall–Kier alpha value is -8.98. The van der Waals surface area contributed by atoms with E-state index in [1.165, 1.54) is 105 Å². The van der Waals surface area contributed by atoms with Crippen LogP contribution in [0.25, 0.3) is 72.0 Å². The van der Waals surface area contributed by atoms with Gasteiger partial charge in [0.05, 0.1) is 16.4 Å². The van der Waals surface area contributed by atoms with Crippen molar-refractivity contribution in [1.82, 2.24) is 4.57 Å². The second kappa shape index (κ2) is 16.3. The van der Waals surface area contributed by atoms with Crippen LogP contribution in [0.15, 0.2) is 267 Å². The van der Waals surface area contributed by atoms with Crippen LogP contribution in [0, 0.1) is 0 Å². The lowest BCUT2D eigenvalue weighted by molar-refractivity contribution is 0.563. The maximum atomic E-state index is 2.44. The molecule has 0 bridgehead atoms. The second-order valence-corrected chi connectivity index (χ2v) is 20.0. The number of benzene rings is 11. The monoisotopic (exact) mass is 918 g/mol. The Morgan fingerprint density at radius 3 is 1.32 bits per heavy atom. The molecule has 0 radical (unpaired) electrons. The third-order valence-corrected chi connectivity index (χ3v) is 15.9. The van der Waals surface area contributed by atoms with Crippen LogP contribution < -0.4 is 4.90 Å². The van der Waals surface area contributed by atoms with Crippen LogP contribution in [-0.2, 0) is 10.8 Å². The molecule has 11 aromatic carbocycles. The van der Waals surface area contributed by atoms with Gasteiger partial charge in [-0.2, -0.15) is 0 Å². The third-order valence-electron chi connectivity index (χ3n) is 15.9. The highest BCUT2D eigenvalue weighted by atomic mass is 15.1. The van der Waals surface area contributed by atoms with E-state index < -0.39 is 5.41 Å². The van der Waals surface area contributed by atoms with Gasteiger partial charge in [-0.05, 0) is 151 Å². The Kier molecular flexibility index (Phi) is 9.50. The molecule has 0 fully saturated rings. The summed E-state index contributed by atoms with van der Waals surface area (Å²) in [6.07, 6.45) is 0. The highest BCUT2D eigenvalue weighted by Gasteiger charge is 2.53. The van der Waals surface area contributed by atoms with Gasteiger partial charge >= 0.3 is 0 Å². The molecule has 72 heavy (non-hydrogen) atoms. The maximum absolute atomic E-state index is 2.44. The van der Waals surface area contributed by atoms with Gasteiger partial charge in [0, 0.05) is 38.9 Å². The maximum Gasteiger partial charge on any atom is 0.0719 e. The van der Waals surface area contributed by atoms with E-state index in [0.717, 1.165) is 17.1 Å². The second-order valence-electron chi connectivity index (χ2n) is 20.0. The van der Waals surface area contributed by atoms with E-state index in [0.29, 0.717) is 0 Å². The van der Waals surface area contributed by atoms with Crippen molar-refractivity contribution in [3.05, 3.63) is 300 Å². The van der Waals surface area contributed by atoms with Crippen LogP contribution >= 0.6 is 0 Å². The molecule has 0 aliphatic heterocycles. The fourth-order valence-electron chi connectivity index (χ4n) is 12.5. The number of fused-ring (bicyclic) bond motifs is 12. The summed E-state index contributed by atoms with van der Waals surface area (Å²) in [5.74, 6) is 0. The van der Waals surface area contributed by atoms with Crippen LogP contribution in [0.1, 0.15) is 47.2 Å². The minimum Gasteiger partial charge on any atom is -0.311 e.